The highest BCUT2D eigenvalue weighted by Gasteiger charge is 2.19. The maximum absolute atomic E-state index is 9.19. The zero-order valence-corrected chi connectivity index (χ0v) is 11.9. The van der Waals surface area contributed by atoms with Crippen molar-refractivity contribution in [3.8, 4) is 11.5 Å². The third kappa shape index (κ3) is 3.15. The fourth-order valence-corrected chi connectivity index (χ4v) is 2.15. The van der Waals surface area contributed by atoms with Gasteiger partial charge < -0.3 is 19.5 Å². The first kappa shape index (κ1) is 14.8. The molecule has 0 aliphatic heterocycles. The Balaban J connectivity index is 3.25. The van der Waals surface area contributed by atoms with Crippen molar-refractivity contribution in [1.29, 1.82) is 0 Å². The number of aliphatic hydroxyl groups excluding tert-OH is 1. The van der Waals surface area contributed by atoms with E-state index in [1.54, 1.807) is 14.2 Å². The normalized spacial score (nSPS) is 12.6. The minimum absolute atomic E-state index is 0.111. The fraction of sp³-hybridized carbons (Fsp3) is 0.571. The summed E-state index contributed by atoms with van der Waals surface area (Å²) >= 11 is 0. The lowest BCUT2D eigenvalue weighted by Crippen LogP contribution is -2.21. The van der Waals surface area contributed by atoms with Crippen molar-refractivity contribution < 1.29 is 14.6 Å². The Morgan fingerprint density at radius 3 is 2.22 bits per heavy atom. The minimum Gasteiger partial charge on any atom is -0.496 e. The van der Waals surface area contributed by atoms with E-state index in [-0.39, 0.29) is 12.6 Å². The molecule has 1 rings (SSSR count). The van der Waals surface area contributed by atoms with E-state index in [0.717, 1.165) is 22.6 Å². The van der Waals surface area contributed by atoms with Crippen LogP contribution < -0.4 is 9.47 Å². The van der Waals surface area contributed by atoms with Gasteiger partial charge in [0, 0.05) is 18.2 Å². The van der Waals surface area contributed by atoms with Crippen molar-refractivity contribution in [3.63, 3.8) is 0 Å². The van der Waals surface area contributed by atoms with Crippen LogP contribution in [0, 0.1) is 6.92 Å². The molecule has 0 aliphatic rings. The summed E-state index contributed by atoms with van der Waals surface area (Å²) < 4.78 is 10.8. The van der Waals surface area contributed by atoms with Gasteiger partial charge in [0.15, 0.2) is 0 Å². The average molecular weight is 253 g/mol. The van der Waals surface area contributed by atoms with Gasteiger partial charge in [-0.05, 0) is 45.1 Å². The average Bonchev–Trinajstić information content (AvgIpc) is 2.35. The Morgan fingerprint density at radius 1 is 1.17 bits per heavy atom. The first-order chi connectivity index (χ1) is 8.54. The third-order valence-corrected chi connectivity index (χ3v) is 3.13. The lowest BCUT2D eigenvalue weighted by Gasteiger charge is -2.26. The van der Waals surface area contributed by atoms with Gasteiger partial charge in [-0.1, -0.05) is 0 Å². The maximum atomic E-state index is 9.19. The zero-order chi connectivity index (χ0) is 13.7. The third-order valence-electron chi connectivity index (χ3n) is 3.13. The van der Waals surface area contributed by atoms with Gasteiger partial charge in [0.2, 0.25) is 0 Å². The van der Waals surface area contributed by atoms with Crippen LogP contribution >= 0.6 is 0 Å². The molecule has 0 radical (unpaired) electrons. The molecule has 4 nitrogen and oxygen atoms in total. The van der Waals surface area contributed by atoms with Crippen molar-refractivity contribution >= 4 is 0 Å². The molecule has 0 spiro atoms. The van der Waals surface area contributed by atoms with E-state index in [9.17, 15) is 5.11 Å². The van der Waals surface area contributed by atoms with E-state index in [0.29, 0.717) is 6.42 Å². The summed E-state index contributed by atoms with van der Waals surface area (Å²) in [5.74, 6) is 1.68. The smallest absolute Gasteiger partial charge is 0.124 e. The second-order valence-corrected chi connectivity index (χ2v) is 4.56. The Labute approximate surface area is 109 Å². The maximum Gasteiger partial charge on any atom is 0.124 e. The molecule has 0 bridgehead atoms. The first-order valence-corrected chi connectivity index (χ1v) is 6.05. The molecule has 0 aliphatic carbocycles. The van der Waals surface area contributed by atoms with Gasteiger partial charge in [0.25, 0.3) is 0 Å². The first-order valence-electron chi connectivity index (χ1n) is 6.05. The molecule has 1 N–H and O–H groups in total. The van der Waals surface area contributed by atoms with Gasteiger partial charge in [-0.25, -0.2) is 0 Å². The minimum atomic E-state index is 0.111. The molecule has 102 valence electrons. The van der Waals surface area contributed by atoms with Crippen LogP contribution in [-0.4, -0.2) is 44.9 Å². The van der Waals surface area contributed by atoms with Crippen LogP contribution in [0.15, 0.2) is 12.1 Å². The van der Waals surface area contributed by atoms with Gasteiger partial charge in [0.05, 0.1) is 14.2 Å². The predicted octanol–water partition coefficient (Wildman–Crippen LogP) is 2.00. The number of aryl methyl sites for hydroxylation is 1. The quantitative estimate of drug-likeness (QED) is 0.842. The van der Waals surface area contributed by atoms with Crippen LogP contribution in [0.25, 0.3) is 0 Å². The number of rotatable bonds is 6. The SMILES string of the molecule is COc1cc(C(CCO)N(C)C)c(OC)cc1C. The predicted molar refractivity (Wildman–Crippen MR) is 72.4 cm³/mol. The highest BCUT2D eigenvalue weighted by atomic mass is 16.5. The van der Waals surface area contributed by atoms with Crippen LogP contribution in [0.3, 0.4) is 0 Å². The molecule has 1 unspecified atom stereocenters. The Morgan fingerprint density at radius 2 is 1.78 bits per heavy atom. The number of methoxy groups -OCH3 is 2. The van der Waals surface area contributed by atoms with Crippen LogP contribution in [0.1, 0.15) is 23.6 Å². The Hall–Kier alpha value is -1.26. The fourth-order valence-electron chi connectivity index (χ4n) is 2.15. The van der Waals surface area contributed by atoms with Gasteiger partial charge >= 0.3 is 0 Å². The largest absolute Gasteiger partial charge is 0.496 e. The zero-order valence-electron chi connectivity index (χ0n) is 11.9. The second kappa shape index (κ2) is 6.61. The van der Waals surface area contributed by atoms with E-state index in [2.05, 4.69) is 4.90 Å². The molecule has 0 fully saturated rings. The molecule has 0 heterocycles. The molecule has 18 heavy (non-hydrogen) atoms. The van der Waals surface area contributed by atoms with E-state index in [4.69, 9.17) is 9.47 Å². The molecule has 0 aromatic heterocycles. The number of aliphatic hydroxyl groups is 1. The van der Waals surface area contributed by atoms with Gasteiger partial charge in [-0.2, -0.15) is 0 Å². The standard InChI is InChI=1S/C14H23NO3/c1-10-8-14(18-5)11(9-13(10)17-4)12(6-7-16)15(2)3/h8-9,12,16H,6-7H2,1-5H3. The summed E-state index contributed by atoms with van der Waals surface area (Å²) in [7, 11) is 7.31. The molecule has 1 aromatic rings. The monoisotopic (exact) mass is 253 g/mol. The highest BCUT2D eigenvalue weighted by molar-refractivity contribution is 5.47. The molecule has 0 saturated heterocycles. The molecule has 1 aromatic carbocycles. The van der Waals surface area contributed by atoms with E-state index in [1.165, 1.54) is 0 Å². The molecular weight excluding hydrogens is 230 g/mol. The van der Waals surface area contributed by atoms with Crippen LogP contribution in [0.2, 0.25) is 0 Å². The molecule has 0 saturated carbocycles. The molecule has 0 amide bonds. The number of benzene rings is 1. The molecular formula is C14H23NO3. The van der Waals surface area contributed by atoms with Gasteiger partial charge in [-0.3, -0.25) is 0 Å². The van der Waals surface area contributed by atoms with Crippen LogP contribution in [0.5, 0.6) is 11.5 Å². The Kier molecular flexibility index (Phi) is 5.44. The number of nitrogens with zero attached hydrogens (tertiary/aromatic N) is 1. The van der Waals surface area contributed by atoms with Gasteiger partial charge in [-0.15, -0.1) is 0 Å². The molecule has 1 atom stereocenters. The second-order valence-electron chi connectivity index (χ2n) is 4.56. The van der Waals surface area contributed by atoms with Crippen LogP contribution in [0.4, 0.5) is 0 Å². The summed E-state index contributed by atoms with van der Waals surface area (Å²) in [6, 6.07) is 4.08. The van der Waals surface area contributed by atoms with E-state index >= 15 is 0 Å². The summed E-state index contributed by atoms with van der Waals surface area (Å²) in [6.45, 7) is 2.13. The van der Waals surface area contributed by atoms with E-state index in [1.807, 2.05) is 33.2 Å². The summed E-state index contributed by atoms with van der Waals surface area (Å²) in [5.41, 5.74) is 2.08. The number of ether oxygens (including phenoxy) is 2. The summed E-state index contributed by atoms with van der Waals surface area (Å²) in [4.78, 5) is 2.07. The number of hydrogen-bond acceptors (Lipinski definition) is 4. The van der Waals surface area contributed by atoms with Crippen molar-refractivity contribution in [2.24, 2.45) is 0 Å². The van der Waals surface area contributed by atoms with Crippen molar-refractivity contribution in [2.75, 3.05) is 34.9 Å². The van der Waals surface area contributed by atoms with Crippen LogP contribution in [-0.2, 0) is 0 Å². The van der Waals surface area contributed by atoms with E-state index < -0.39 is 0 Å². The highest BCUT2D eigenvalue weighted by Crippen LogP contribution is 2.35. The lowest BCUT2D eigenvalue weighted by atomic mass is 9.99. The summed E-state index contributed by atoms with van der Waals surface area (Å²) in [5, 5.41) is 9.19. The van der Waals surface area contributed by atoms with Crippen molar-refractivity contribution in [3.05, 3.63) is 23.3 Å². The van der Waals surface area contributed by atoms with Crippen molar-refractivity contribution in [1.82, 2.24) is 4.90 Å². The summed E-state index contributed by atoms with van der Waals surface area (Å²) in [6.07, 6.45) is 0.662. The lowest BCUT2D eigenvalue weighted by molar-refractivity contribution is 0.207. The number of hydrogen-bond donors (Lipinski definition) is 1. The van der Waals surface area contributed by atoms with Gasteiger partial charge in [0.1, 0.15) is 11.5 Å². The topological polar surface area (TPSA) is 41.9 Å². The molecule has 4 heteroatoms. The van der Waals surface area contributed by atoms with Crippen molar-refractivity contribution in [2.45, 2.75) is 19.4 Å². The Bertz CT molecular complexity index is 391.